The number of hydrogen-bond donors (Lipinski definition) is 1. The number of hydrogen-bond acceptors (Lipinski definition) is 3. The molecule has 0 spiro atoms. The van der Waals surface area contributed by atoms with Crippen molar-refractivity contribution in [2.75, 3.05) is 6.54 Å². The van der Waals surface area contributed by atoms with Crippen molar-refractivity contribution in [1.82, 2.24) is 4.90 Å². The summed E-state index contributed by atoms with van der Waals surface area (Å²) in [5, 5.41) is 9.18. The van der Waals surface area contributed by atoms with E-state index in [-0.39, 0.29) is 11.7 Å². The molecule has 138 valence electrons. The van der Waals surface area contributed by atoms with Gasteiger partial charge in [0.2, 0.25) is 5.91 Å². The highest BCUT2D eigenvalue weighted by Crippen LogP contribution is 2.33. The monoisotopic (exact) mass is 359 g/mol. The molecule has 2 rings (SSSR count). The number of nitrogens with zero attached hydrogens (tertiary/aromatic N) is 1. The number of benzene rings is 1. The predicted octanol–water partition coefficient (Wildman–Crippen LogP) is 3.18. The summed E-state index contributed by atoms with van der Waals surface area (Å²) >= 11 is 0. The van der Waals surface area contributed by atoms with Crippen LogP contribution in [0.5, 0.6) is 5.75 Å². The number of alkyl halides is 3. The maximum Gasteiger partial charge on any atom is 0.573 e. The molecule has 1 aliphatic rings. The third kappa shape index (κ3) is 4.05. The van der Waals surface area contributed by atoms with Crippen LogP contribution < -0.4 is 4.74 Å². The Kier molecular flexibility index (Phi) is 5.02. The molecular formula is C17H20F3NO4. The minimum Gasteiger partial charge on any atom is -0.481 e. The van der Waals surface area contributed by atoms with E-state index in [9.17, 15) is 27.9 Å². The average Bonchev–Trinajstić information content (AvgIpc) is 2.87. The number of carboxylic acid groups (broad SMARTS) is 1. The summed E-state index contributed by atoms with van der Waals surface area (Å²) in [5.41, 5.74) is -0.476. The van der Waals surface area contributed by atoms with Crippen molar-refractivity contribution in [3.63, 3.8) is 0 Å². The van der Waals surface area contributed by atoms with Crippen molar-refractivity contribution in [2.24, 2.45) is 5.92 Å². The lowest BCUT2D eigenvalue weighted by atomic mass is 9.83. The first-order valence-corrected chi connectivity index (χ1v) is 7.83. The molecule has 1 aromatic carbocycles. The van der Waals surface area contributed by atoms with Crippen LogP contribution in [0.25, 0.3) is 0 Å². The first kappa shape index (κ1) is 19.1. The number of rotatable bonds is 4. The van der Waals surface area contributed by atoms with E-state index in [4.69, 9.17) is 0 Å². The van der Waals surface area contributed by atoms with E-state index in [0.29, 0.717) is 18.5 Å². The number of likely N-dealkylation sites (tertiary alicyclic amines) is 1. The molecular weight excluding hydrogens is 339 g/mol. The maximum atomic E-state index is 12.9. The first-order chi connectivity index (χ1) is 11.4. The molecule has 0 radical (unpaired) electrons. The molecule has 0 bridgehead atoms. The van der Waals surface area contributed by atoms with Gasteiger partial charge in [-0.05, 0) is 44.9 Å². The van der Waals surface area contributed by atoms with Crippen LogP contribution in [0.3, 0.4) is 0 Å². The highest BCUT2D eigenvalue weighted by atomic mass is 19.4. The van der Waals surface area contributed by atoms with Crippen molar-refractivity contribution in [1.29, 1.82) is 0 Å². The van der Waals surface area contributed by atoms with Gasteiger partial charge < -0.3 is 14.7 Å². The van der Waals surface area contributed by atoms with Crippen molar-refractivity contribution in [3.05, 3.63) is 29.8 Å². The van der Waals surface area contributed by atoms with Gasteiger partial charge in [-0.2, -0.15) is 0 Å². The van der Waals surface area contributed by atoms with Gasteiger partial charge in [-0.3, -0.25) is 9.59 Å². The van der Waals surface area contributed by atoms with E-state index >= 15 is 0 Å². The van der Waals surface area contributed by atoms with Crippen molar-refractivity contribution < 1.29 is 32.6 Å². The largest absolute Gasteiger partial charge is 0.573 e. The van der Waals surface area contributed by atoms with E-state index in [1.54, 1.807) is 20.8 Å². The van der Waals surface area contributed by atoms with E-state index in [1.165, 1.54) is 17.0 Å². The Hall–Kier alpha value is -2.25. The normalized spacial score (nSPS) is 21.3. The number of halogens is 3. The second-order valence-electron chi connectivity index (χ2n) is 6.67. The Morgan fingerprint density at radius 3 is 2.20 bits per heavy atom. The molecule has 25 heavy (non-hydrogen) atoms. The van der Waals surface area contributed by atoms with Crippen molar-refractivity contribution in [3.8, 4) is 5.75 Å². The highest BCUT2D eigenvalue weighted by Gasteiger charge is 2.43. The van der Waals surface area contributed by atoms with Crippen LogP contribution in [-0.2, 0) is 15.0 Å². The minimum atomic E-state index is -4.77. The zero-order chi connectivity index (χ0) is 19.0. The summed E-state index contributed by atoms with van der Waals surface area (Å²) in [6.07, 6.45) is -4.39. The number of carboxylic acids is 1. The molecule has 1 aliphatic heterocycles. The molecule has 0 aliphatic carbocycles. The Morgan fingerprint density at radius 2 is 1.76 bits per heavy atom. The fourth-order valence-corrected chi connectivity index (χ4v) is 3.11. The smallest absolute Gasteiger partial charge is 0.481 e. The number of aliphatic carboxylic acids is 1. The van der Waals surface area contributed by atoms with Crippen LogP contribution in [-0.4, -0.2) is 40.8 Å². The Balaban J connectivity index is 2.17. The van der Waals surface area contributed by atoms with Gasteiger partial charge in [0, 0.05) is 12.6 Å². The second kappa shape index (κ2) is 6.57. The Morgan fingerprint density at radius 1 is 1.20 bits per heavy atom. The minimum absolute atomic E-state index is 0.256. The summed E-state index contributed by atoms with van der Waals surface area (Å²) in [6, 6.07) is 4.71. The fourth-order valence-electron chi connectivity index (χ4n) is 3.11. The van der Waals surface area contributed by atoms with Gasteiger partial charge in [0.25, 0.3) is 0 Å². The quantitative estimate of drug-likeness (QED) is 0.897. The van der Waals surface area contributed by atoms with Gasteiger partial charge in [0.15, 0.2) is 0 Å². The molecule has 5 nitrogen and oxygen atoms in total. The van der Waals surface area contributed by atoms with E-state index in [2.05, 4.69) is 4.74 Å². The summed E-state index contributed by atoms with van der Waals surface area (Å²) in [6.45, 7) is 5.36. The van der Waals surface area contributed by atoms with Crippen LogP contribution in [0.4, 0.5) is 13.2 Å². The van der Waals surface area contributed by atoms with Crippen molar-refractivity contribution >= 4 is 11.9 Å². The predicted molar refractivity (Wildman–Crippen MR) is 83.1 cm³/mol. The summed E-state index contributed by atoms with van der Waals surface area (Å²) in [4.78, 5) is 25.6. The first-order valence-electron chi connectivity index (χ1n) is 7.83. The summed E-state index contributed by atoms with van der Waals surface area (Å²) < 4.78 is 40.5. The van der Waals surface area contributed by atoms with Crippen LogP contribution in [0.2, 0.25) is 0 Å². The molecule has 0 saturated carbocycles. The maximum absolute atomic E-state index is 12.9. The van der Waals surface area contributed by atoms with E-state index in [1.807, 2.05) is 0 Å². The molecule has 1 heterocycles. The lowest BCUT2D eigenvalue weighted by Gasteiger charge is -2.33. The SMILES string of the molecule is CC1C(C(=O)O)CCN1C(=O)C(C)(C)c1ccc(OC(F)(F)F)cc1. The zero-order valence-electron chi connectivity index (χ0n) is 14.1. The average molecular weight is 359 g/mol. The van der Waals surface area contributed by atoms with Crippen LogP contribution >= 0.6 is 0 Å². The lowest BCUT2D eigenvalue weighted by Crippen LogP contribution is -2.46. The third-order valence-electron chi connectivity index (χ3n) is 4.68. The van der Waals surface area contributed by atoms with Crippen molar-refractivity contribution in [2.45, 2.75) is 45.0 Å². The standard InChI is InChI=1S/C17H20F3NO4/c1-10-13(14(22)23)8-9-21(10)15(24)16(2,3)11-4-6-12(7-5-11)25-17(18,19)20/h4-7,10,13H,8-9H2,1-3H3,(H,22,23). The molecule has 1 fully saturated rings. The van der Waals surface area contributed by atoms with Gasteiger partial charge in [0.1, 0.15) is 5.75 Å². The lowest BCUT2D eigenvalue weighted by molar-refractivity contribution is -0.274. The van der Waals surface area contributed by atoms with Gasteiger partial charge in [-0.25, -0.2) is 0 Å². The number of ether oxygens (including phenoxy) is 1. The molecule has 8 heteroatoms. The Labute approximate surface area is 143 Å². The third-order valence-corrected chi connectivity index (χ3v) is 4.68. The molecule has 2 atom stereocenters. The summed E-state index contributed by atoms with van der Waals surface area (Å²) in [7, 11) is 0. The number of amides is 1. The molecule has 1 amide bonds. The van der Waals surface area contributed by atoms with Gasteiger partial charge in [-0.1, -0.05) is 12.1 Å². The van der Waals surface area contributed by atoms with E-state index < -0.39 is 29.7 Å². The molecule has 1 saturated heterocycles. The number of carbonyl (C=O) groups is 2. The summed E-state index contributed by atoms with van der Waals surface area (Å²) in [5.74, 6) is -2.16. The highest BCUT2D eigenvalue weighted by molar-refractivity contribution is 5.88. The second-order valence-corrected chi connectivity index (χ2v) is 6.67. The molecule has 2 unspecified atom stereocenters. The van der Waals surface area contributed by atoms with Crippen LogP contribution in [0.1, 0.15) is 32.8 Å². The molecule has 0 aromatic heterocycles. The fraction of sp³-hybridized carbons (Fsp3) is 0.529. The molecule has 1 aromatic rings. The van der Waals surface area contributed by atoms with E-state index in [0.717, 1.165) is 12.1 Å². The number of carbonyl (C=O) groups excluding carboxylic acids is 1. The van der Waals surface area contributed by atoms with Gasteiger partial charge >= 0.3 is 12.3 Å². The molecule has 1 N–H and O–H groups in total. The van der Waals surface area contributed by atoms with Crippen LogP contribution in [0.15, 0.2) is 24.3 Å². The van der Waals surface area contributed by atoms with Gasteiger partial charge in [0.05, 0.1) is 11.3 Å². The van der Waals surface area contributed by atoms with Gasteiger partial charge in [-0.15, -0.1) is 13.2 Å². The zero-order valence-corrected chi connectivity index (χ0v) is 14.1. The topological polar surface area (TPSA) is 66.8 Å². The Bertz CT molecular complexity index is 655. The van der Waals surface area contributed by atoms with Crippen LogP contribution in [0, 0.1) is 5.92 Å².